The minimum atomic E-state index is -5.26. The third-order valence-electron chi connectivity index (χ3n) is 6.29. The normalized spacial score (nSPS) is 49.7. The molecule has 218 valence electrons. The Bertz CT molecular complexity index is 784. The molecule has 3 rings (SSSR count). The first-order valence-corrected chi connectivity index (χ1v) is 12.7. The van der Waals surface area contributed by atoms with E-state index in [0.29, 0.717) is 0 Å². The van der Waals surface area contributed by atoms with Crippen LogP contribution in [0.4, 0.5) is 0 Å². The standard InChI is InChI=1S/C18H33O18P/c1-4-7(21)9(23)10(24)17(31-4)35-15-11(25)13(6(3-20)32-16(15)27)34-18-12(26)14(36-37(28,29)30)8(22)5(2-19)33-18/h4-27H,2-3H2,1H3,(H2,28,29,30)/t4-,5+,6+,7-,8+,9+,10+,11-,12+,13-,14-,15+,16+,17-,18-/m0/s1. The number of rotatable bonds is 8. The van der Waals surface area contributed by atoms with E-state index in [9.17, 15) is 50.5 Å². The summed E-state index contributed by atoms with van der Waals surface area (Å²) in [6.45, 7) is -0.416. The van der Waals surface area contributed by atoms with Crippen molar-refractivity contribution in [2.45, 2.75) is 99.0 Å². The van der Waals surface area contributed by atoms with E-state index in [0.717, 1.165) is 0 Å². The van der Waals surface area contributed by atoms with E-state index < -0.39 is 113 Å². The fourth-order valence-corrected chi connectivity index (χ4v) is 4.82. The predicted octanol–water partition coefficient (Wildman–Crippen LogP) is -6.43. The maximum Gasteiger partial charge on any atom is 0.470 e. The minimum Gasteiger partial charge on any atom is -0.394 e. The molecule has 0 spiro atoms. The highest BCUT2D eigenvalue weighted by Gasteiger charge is 2.54. The topological polar surface area (TPSA) is 295 Å². The highest BCUT2D eigenvalue weighted by atomic mass is 31.2. The molecule has 0 aliphatic carbocycles. The Morgan fingerprint density at radius 1 is 0.649 bits per heavy atom. The zero-order valence-corrected chi connectivity index (χ0v) is 20.2. The van der Waals surface area contributed by atoms with Gasteiger partial charge < -0.3 is 79.4 Å². The van der Waals surface area contributed by atoms with Gasteiger partial charge in [-0.2, -0.15) is 0 Å². The van der Waals surface area contributed by atoms with Crippen LogP contribution < -0.4 is 0 Å². The van der Waals surface area contributed by atoms with Crippen molar-refractivity contribution in [2.75, 3.05) is 13.2 Å². The molecule has 0 saturated carbocycles. The molecule has 0 aromatic heterocycles. The summed E-state index contributed by atoms with van der Waals surface area (Å²) < 4.78 is 42.3. The minimum absolute atomic E-state index is 0.868. The van der Waals surface area contributed by atoms with E-state index >= 15 is 0 Å². The molecule has 3 aliphatic heterocycles. The van der Waals surface area contributed by atoms with Gasteiger partial charge in [-0.25, -0.2) is 4.57 Å². The van der Waals surface area contributed by atoms with Gasteiger partial charge in [0.2, 0.25) is 0 Å². The van der Waals surface area contributed by atoms with E-state index in [1.165, 1.54) is 6.92 Å². The van der Waals surface area contributed by atoms with Crippen LogP contribution in [0, 0.1) is 0 Å². The third-order valence-corrected chi connectivity index (χ3v) is 6.80. The van der Waals surface area contributed by atoms with Crippen LogP contribution in [0.15, 0.2) is 0 Å². The van der Waals surface area contributed by atoms with Crippen molar-refractivity contribution < 1.29 is 88.5 Å². The Morgan fingerprint density at radius 3 is 1.78 bits per heavy atom. The lowest BCUT2D eigenvalue weighted by Gasteiger charge is -2.48. The molecule has 3 saturated heterocycles. The van der Waals surface area contributed by atoms with E-state index in [4.69, 9.17) is 33.5 Å². The molecule has 3 fully saturated rings. The van der Waals surface area contributed by atoms with Gasteiger partial charge in [0.05, 0.1) is 19.3 Å². The van der Waals surface area contributed by atoms with Crippen LogP contribution in [0.2, 0.25) is 0 Å². The molecule has 15 atom stereocenters. The van der Waals surface area contributed by atoms with Crippen LogP contribution in [-0.2, 0) is 32.8 Å². The summed E-state index contributed by atoms with van der Waals surface area (Å²) in [5.41, 5.74) is 0. The summed E-state index contributed by atoms with van der Waals surface area (Å²) in [5, 5.41) is 91.0. The van der Waals surface area contributed by atoms with Crippen LogP contribution in [0.5, 0.6) is 0 Å². The number of aliphatic hydroxyl groups is 9. The van der Waals surface area contributed by atoms with Gasteiger partial charge >= 0.3 is 7.82 Å². The molecule has 0 amide bonds. The van der Waals surface area contributed by atoms with Crippen molar-refractivity contribution in [3.05, 3.63) is 0 Å². The van der Waals surface area contributed by atoms with Gasteiger partial charge in [-0.1, -0.05) is 0 Å². The van der Waals surface area contributed by atoms with Crippen molar-refractivity contribution in [3.63, 3.8) is 0 Å². The molecular formula is C18H33O18P. The van der Waals surface area contributed by atoms with Crippen LogP contribution >= 0.6 is 7.82 Å². The second-order valence-electron chi connectivity index (χ2n) is 8.89. The van der Waals surface area contributed by atoms with Crippen molar-refractivity contribution in [2.24, 2.45) is 0 Å². The van der Waals surface area contributed by atoms with E-state index in [1.54, 1.807) is 0 Å². The summed E-state index contributed by atoms with van der Waals surface area (Å²) in [6.07, 6.45) is -26.1. The SMILES string of the molecule is C[C@@H]1O[C@@H](O[C@@H]2[C@@H](O)[C@@H](O[C@@H]3O[C@H](CO)[C@@H](O)[C@H](OP(=O)(O)O)[C@H]3O)[C@@H](CO)O[C@H]2O)[C@H](O)[C@H](O)[C@H]1O. The maximum atomic E-state index is 11.3. The largest absolute Gasteiger partial charge is 0.470 e. The molecule has 19 heteroatoms. The lowest BCUT2D eigenvalue weighted by Crippen LogP contribution is -2.66. The summed E-state index contributed by atoms with van der Waals surface area (Å²) in [5.74, 6) is 0. The quantitative estimate of drug-likeness (QED) is 0.121. The maximum absolute atomic E-state index is 11.3. The van der Waals surface area contributed by atoms with Gasteiger partial charge in [0, 0.05) is 0 Å². The monoisotopic (exact) mass is 568 g/mol. The van der Waals surface area contributed by atoms with Gasteiger partial charge in [-0.3, -0.25) is 4.52 Å². The molecule has 0 unspecified atom stereocenters. The average molecular weight is 568 g/mol. The first kappa shape index (κ1) is 31.1. The molecule has 0 bridgehead atoms. The molecule has 37 heavy (non-hydrogen) atoms. The van der Waals surface area contributed by atoms with Gasteiger partial charge in [0.15, 0.2) is 18.9 Å². The number of aliphatic hydroxyl groups excluding tert-OH is 9. The van der Waals surface area contributed by atoms with Crippen LogP contribution in [0.1, 0.15) is 6.92 Å². The van der Waals surface area contributed by atoms with Crippen molar-refractivity contribution in [1.29, 1.82) is 0 Å². The molecule has 0 radical (unpaired) electrons. The van der Waals surface area contributed by atoms with Crippen molar-refractivity contribution in [1.82, 2.24) is 0 Å². The van der Waals surface area contributed by atoms with Crippen LogP contribution in [0.3, 0.4) is 0 Å². The molecule has 11 N–H and O–H groups in total. The van der Waals surface area contributed by atoms with E-state index in [2.05, 4.69) is 4.52 Å². The summed E-state index contributed by atoms with van der Waals surface area (Å²) in [4.78, 5) is 18.2. The fourth-order valence-electron chi connectivity index (χ4n) is 4.26. The van der Waals surface area contributed by atoms with Gasteiger partial charge in [-0.15, -0.1) is 0 Å². The Hall–Kier alpha value is -0.450. The highest BCUT2D eigenvalue weighted by molar-refractivity contribution is 7.46. The highest BCUT2D eigenvalue weighted by Crippen LogP contribution is 2.42. The number of hydrogen-bond acceptors (Lipinski definition) is 16. The first-order valence-electron chi connectivity index (χ1n) is 11.2. The average Bonchev–Trinajstić information content (AvgIpc) is 2.83. The van der Waals surface area contributed by atoms with E-state index in [-0.39, 0.29) is 0 Å². The molecule has 3 aliphatic rings. The molecule has 18 nitrogen and oxygen atoms in total. The Morgan fingerprint density at radius 2 is 1.22 bits per heavy atom. The van der Waals surface area contributed by atoms with E-state index in [1.807, 2.05) is 0 Å². The zero-order chi connectivity index (χ0) is 27.8. The molecule has 3 heterocycles. The number of phosphoric ester groups is 1. The van der Waals surface area contributed by atoms with Crippen LogP contribution in [-0.4, -0.2) is 161 Å². The van der Waals surface area contributed by atoms with Gasteiger partial charge in [-0.05, 0) is 6.92 Å². The zero-order valence-electron chi connectivity index (χ0n) is 19.3. The molecule has 0 aromatic carbocycles. The second-order valence-corrected chi connectivity index (χ2v) is 10.1. The Balaban J connectivity index is 1.79. The third kappa shape index (κ3) is 6.83. The van der Waals surface area contributed by atoms with Crippen molar-refractivity contribution in [3.8, 4) is 0 Å². The second kappa shape index (κ2) is 12.4. The summed E-state index contributed by atoms with van der Waals surface area (Å²) >= 11 is 0. The summed E-state index contributed by atoms with van der Waals surface area (Å²) in [6, 6.07) is 0. The fraction of sp³-hybridized carbons (Fsp3) is 1.00. The van der Waals surface area contributed by atoms with Crippen LogP contribution in [0.25, 0.3) is 0 Å². The summed E-state index contributed by atoms with van der Waals surface area (Å²) in [7, 11) is -5.26. The Kier molecular flexibility index (Phi) is 10.4. The van der Waals surface area contributed by atoms with Gasteiger partial charge in [0.1, 0.15) is 67.1 Å². The smallest absolute Gasteiger partial charge is 0.394 e. The lowest BCUT2D eigenvalue weighted by atomic mass is 9.96. The van der Waals surface area contributed by atoms with Gasteiger partial charge in [0.25, 0.3) is 0 Å². The first-order chi connectivity index (χ1) is 17.2. The predicted molar refractivity (Wildman–Crippen MR) is 111 cm³/mol. The Labute approximate surface area is 209 Å². The lowest BCUT2D eigenvalue weighted by molar-refractivity contribution is -0.380. The number of ether oxygens (including phenoxy) is 5. The van der Waals surface area contributed by atoms with Crippen molar-refractivity contribution >= 4 is 7.82 Å². The molecular weight excluding hydrogens is 535 g/mol. The number of hydrogen-bond donors (Lipinski definition) is 11. The molecule has 0 aromatic rings. The number of phosphoric acid groups is 1.